The topological polar surface area (TPSA) is 63.4 Å². The second kappa shape index (κ2) is 3.93. The SMILES string of the molecule is CN(CCN)S(=O)(=O)C(F)F. The molecule has 0 saturated carbocycles. The van der Waals surface area contributed by atoms with E-state index in [9.17, 15) is 17.2 Å². The monoisotopic (exact) mass is 188 g/mol. The summed E-state index contributed by atoms with van der Waals surface area (Å²) in [5, 5.41) is 0. The van der Waals surface area contributed by atoms with E-state index in [0.717, 1.165) is 7.05 Å². The highest BCUT2D eigenvalue weighted by Crippen LogP contribution is 2.08. The van der Waals surface area contributed by atoms with E-state index in [0.29, 0.717) is 4.31 Å². The van der Waals surface area contributed by atoms with Gasteiger partial charge in [0.2, 0.25) is 0 Å². The minimum atomic E-state index is -4.42. The van der Waals surface area contributed by atoms with E-state index in [2.05, 4.69) is 0 Å². The Hall–Kier alpha value is -0.270. The molecule has 0 bridgehead atoms. The van der Waals surface area contributed by atoms with Crippen molar-refractivity contribution in [2.75, 3.05) is 20.1 Å². The molecule has 0 radical (unpaired) electrons. The van der Waals surface area contributed by atoms with Gasteiger partial charge in [-0.1, -0.05) is 0 Å². The molecule has 0 atom stereocenters. The Morgan fingerprint density at radius 2 is 2.00 bits per heavy atom. The lowest BCUT2D eigenvalue weighted by Gasteiger charge is -2.14. The van der Waals surface area contributed by atoms with Crippen molar-refractivity contribution in [3.63, 3.8) is 0 Å². The Labute approximate surface area is 64.0 Å². The molecule has 0 saturated heterocycles. The molecule has 4 nitrogen and oxygen atoms in total. The summed E-state index contributed by atoms with van der Waals surface area (Å²) in [5.41, 5.74) is 4.98. The predicted octanol–water partition coefficient (Wildman–Crippen LogP) is -0.571. The molecule has 0 aliphatic carbocycles. The number of rotatable bonds is 4. The summed E-state index contributed by atoms with van der Waals surface area (Å²) in [6, 6.07) is 0. The number of nitrogens with two attached hydrogens (primary N) is 1. The zero-order valence-electron chi connectivity index (χ0n) is 6.00. The summed E-state index contributed by atoms with van der Waals surface area (Å²) in [6.07, 6.45) is 0. The van der Waals surface area contributed by atoms with Gasteiger partial charge in [0.25, 0.3) is 10.0 Å². The smallest absolute Gasteiger partial charge is 0.329 e. The Morgan fingerprint density at radius 3 is 2.27 bits per heavy atom. The molecule has 0 rings (SSSR count). The fraction of sp³-hybridized carbons (Fsp3) is 1.00. The Balaban J connectivity index is 4.32. The minimum Gasteiger partial charge on any atom is -0.329 e. The van der Waals surface area contributed by atoms with Crippen LogP contribution in [0.5, 0.6) is 0 Å². The van der Waals surface area contributed by atoms with Crippen molar-refractivity contribution in [3.8, 4) is 0 Å². The zero-order valence-corrected chi connectivity index (χ0v) is 6.81. The molecular weight excluding hydrogens is 178 g/mol. The second-order valence-corrected chi connectivity index (χ2v) is 3.93. The van der Waals surface area contributed by atoms with E-state index in [4.69, 9.17) is 5.73 Å². The number of likely N-dealkylation sites (N-methyl/N-ethyl adjacent to an activating group) is 1. The molecule has 0 unspecified atom stereocenters. The lowest BCUT2D eigenvalue weighted by molar-refractivity contribution is 0.223. The molecule has 0 spiro atoms. The van der Waals surface area contributed by atoms with Crippen molar-refractivity contribution < 1.29 is 17.2 Å². The molecule has 2 N–H and O–H groups in total. The third-order valence-electron chi connectivity index (χ3n) is 1.10. The number of hydrogen-bond acceptors (Lipinski definition) is 3. The van der Waals surface area contributed by atoms with E-state index in [1.165, 1.54) is 0 Å². The van der Waals surface area contributed by atoms with Gasteiger partial charge in [-0.15, -0.1) is 0 Å². The summed E-state index contributed by atoms with van der Waals surface area (Å²) < 4.78 is 45.1. The molecule has 0 amide bonds. The third kappa shape index (κ3) is 2.68. The van der Waals surface area contributed by atoms with E-state index in [1.54, 1.807) is 0 Å². The molecular formula is C4H10F2N2O2S. The highest BCUT2D eigenvalue weighted by Gasteiger charge is 2.28. The normalized spacial score (nSPS) is 12.9. The van der Waals surface area contributed by atoms with Gasteiger partial charge in [0.05, 0.1) is 0 Å². The Bertz CT molecular complexity index is 204. The third-order valence-corrected chi connectivity index (χ3v) is 2.61. The maximum absolute atomic E-state index is 11.7. The molecule has 11 heavy (non-hydrogen) atoms. The van der Waals surface area contributed by atoms with Crippen LogP contribution in [0.4, 0.5) is 8.78 Å². The first-order valence-electron chi connectivity index (χ1n) is 2.86. The van der Waals surface area contributed by atoms with E-state index in [1.807, 2.05) is 0 Å². The summed E-state index contributed by atoms with van der Waals surface area (Å²) in [6.45, 7) is -0.0604. The van der Waals surface area contributed by atoms with Crippen LogP contribution in [0.1, 0.15) is 0 Å². The van der Waals surface area contributed by atoms with Crippen molar-refractivity contribution in [2.24, 2.45) is 5.73 Å². The fourth-order valence-corrected chi connectivity index (χ4v) is 1.08. The lowest BCUT2D eigenvalue weighted by atomic mass is 10.7. The van der Waals surface area contributed by atoms with Crippen molar-refractivity contribution in [3.05, 3.63) is 0 Å². The molecule has 0 fully saturated rings. The number of hydrogen-bond donors (Lipinski definition) is 1. The average molecular weight is 188 g/mol. The van der Waals surface area contributed by atoms with Crippen LogP contribution >= 0.6 is 0 Å². The van der Waals surface area contributed by atoms with E-state index in [-0.39, 0.29) is 13.1 Å². The van der Waals surface area contributed by atoms with Gasteiger partial charge in [-0.25, -0.2) is 8.42 Å². The lowest BCUT2D eigenvalue weighted by Crippen LogP contribution is -2.35. The van der Waals surface area contributed by atoms with Gasteiger partial charge < -0.3 is 5.73 Å². The van der Waals surface area contributed by atoms with Crippen molar-refractivity contribution in [1.29, 1.82) is 0 Å². The summed E-state index contributed by atoms with van der Waals surface area (Å²) in [5.74, 6) is -3.36. The standard InChI is InChI=1S/C4H10F2N2O2S/c1-8(3-2-7)11(9,10)4(5)6/h4H,2-3,7H2,1H3. The predicted molar refractivity (Wildman–Crippen MR) is 36.6 cm³/mol. The molecule has 0 aliphatic rings. The summed E-state index contributed by atoms with van der Waals surface area (Å²) >= 11 is 0. The van der Waals surface area contributed by atoms with Gasteiger partial charge in [-0.2, -0.15) is 13.1 Å². The molecule has 7 heteroatoms. The number of nitrogens with zero attached hydrogens (tertiary/aromatic N) is 1. The van der Waals surface area contributed by atoms with Crippen LogP contribution < -0.4 is 5.73 Å². The Morgan fingerprint density at radius 1 is 1.55 bits per heavy atom. The zero-order chi connectivity index (χ0) is 9.07. The minimum absolute atomic E-state index is 0.0302. The van der Waals surface area contributed by atoms with Crippen LogP contribution in [0.15, 0.2) is 0 Å². The van der Waals surface area contributed by atoms with Gasteiger partial charge >= 0.3 is 5.76 Å². The van der Waals surface area contributed by atoms with Gasteiger partial charge in [0, 0.05) is 20.1 Å². The maximum Gasteiger partial charge on any atom is 0.350 e. The molecule has 0 aromatic carbocycles. The average Bonchev–Trinajstić information content (AvgIpc) is 1.88. The van der Waals surface area contributed by atoms with E-state index < -0.39 is 15.8 Å². The largest absolute Gasteiger partial charge is 0.350 e. The maximum atomic E-state index is 11.7. The molecule has 0 aromatic rings. The van der Waals surface area contributed by atoms with E-state index >= 15 is 0 Å². The molecule has 68 valence electrons. The molecule has 0 aromatic heterocycles. The van der Waals surface area contributed by atoms with Crippen molar-refractivity contribution in [1.82, 2.24) is 4.31 Å². The van der Waals surface area contributed by atoms with Crippen LogP contribution in [0.25, 0.3) is 0 Å². The molecule has 0 heterocycles. The quantitative estimate of drug-likeness (QED) is 0.642. The summed E-state index contributed by atoms with van der Waals surface area (Å²) in [4.78, 5) is 0. The van der Waals surface area contributed by atoms with Gasteiger partial charge in [-0.05, 0) is 0 Å². The first-order chi connectivity index (χ1) is 4.92. The van der Waals surface area contributed by atoms with Gasteiger partial charge in [-0.3, -0.25) is 0 Å². The van der Waals surface area contributed by atoms with Crippen LogP contribution in [-0.4, -0.2) is 38.6 Å². The highest BCUT2D eigenvalue weighted by molar-refractivity contribution is 7.89. The molecule has 0 aliphatic heterocycles. The summed E-state index contributed by atoms with van der Waals surface area (Å²) in [7, 11) is -3.36. The highest BCUT2D eigenvalue weighted by atomic mass is 32.2. The number of halogens is 2. The fourth-order valence-electron chi connectivity index (χ4n) is 0.445. The van der Waals surface area contributed by atoms with Crippen LogP contribution in [-0.2, 0) is 10.0 Å². The Kier molecular flexibility index (Phi) is 3.84. The van der Waals surface area contributed by atoms with Crippen LogP contribution in [0, 0.1) is 0 Å². The van der Waals surface area contributed by atoms with Crippen LogP contribution in [0.2, 0.25) is 0 Å². The van der Waals surface area contributed by atoms with Crippen LogP contribution in [0.3, 0.4) is 0 Å². The second-order valence-electron chi connectivity index (χ2n) is 1.92. The number of sulfonamides is 1. The van der Waals surface area contributed by atoms with Crippen molar-refractivity contribution in [2.45, 2.75) is 5.76 Å². The van der Waals surface area contributed by atoms with Crippen molar-refractivity contribution >= 4 is 10.0 Å². The first-order valence-corrected chi connectivity index (χ1v) is 4.36. The first kappa shape index (κ1) is 10.7. The number of alkyl halides is 2. The van der Waals surface area contributed by atoms with Gasteiger partial charge in [0.15, 0.2) is 0 Å². The van der Waals surface area contributed by atoms with Gasteiger partial charge in [0.1, 0.15) is 0 Å².